The summed E-state index contributed by atoms with van der Waals surface area (Å²) in [5.74, 6) is -0.123. The van der Waals surface area contributed by atoms with Crippen molar-refractivity contribution >= 4 is 23.1 Å². The molecule has 0 saturated carbocycles. The van der Waals surface area contributed by atoms with Gasteiger partial charge in [0.25, 0.3) is 0 Å². The maximum atomic E-state index is 13.4. The largest absolute Gasteiger partial charge is 0.421 e. The molecule has 0 aliphatic carbocycles. The first kappa shape index (κ1) is 19.4. The fraction of sp³-hybridized carbons (Fsp3) is 0.500. The maximum Gasteiger partial charge on any atom is 0.421 e. The van der Waals surface area contributed by atoms with E-state index >= 15 is 0 Å². The highest BCUT2D eigenvalue weighted by molar-refractivity contribution is 5.62. The van der Waals surface area contributed by atoms with Crippen LogP contribution >= 0.6 is 0 Å². The van der Waals surface area contributed by atoms with Crippen molar-refractivity contribution in [1.29, 1.82) is 0 Å². The highest BCUT2D eigenvalue weighted by atomic mass is 19.4. The van der Waals surface area contributed by atoms with Crippen LogP contribution in [0.3, 0.4) is 0 Å². The molecule has 0 radical (unpaired) electrons. The molecule has 1 aromatic heterocycles. The van der Waals surface area contributed by atoms with Crippen molar-refractivity contribution in [2.75, 3.05) is 41.4 Å². The van der Waals surface area contributed by atoms with Crippen LogP contribution in [0.4, 0.5) is 36.3 Å². The molecule has 2 unspecified atom stereocenters. The molecular weight excluding hydrogens is 399 g/mol. The van der Waals surface area contributed by atoms with Crippen LogP contribution in [0.25, 0.3) is 0 Å². The van der Waals surface area contributed by atoms with Crippen LogP contribution in [0.15, 0.2) is 30.5 Å². The van der Waals surface area contributed by atoms with Crippen LogP contribution in [-0.2, 0) is 10.9 Å². The smallest absolute Gasteiger partial charge is 0.391 e. The van der Waals surface area contributed by atoms with Gasteiger partial charge in [-0.1, -0.05) is 0 Å². The van der Waals surface area contributed by atoms with E-state index in [0.717, 1.165) is 31.5 Å². The number of β-amino-alcohol motifs (C(OH)–C–C–N with tert-alkyl or cyclic N) is 1. The first-order chi connectivity index (χ1) is 14.4. The summed E-state index contributed by atoms with van der Waals surface area (Å²) in [6.07, 6.45) is -2.67. The number of aliphatic hydroxyl groups excluding tert-OH is 1. The highest BCUT2D eigenvalue weighted by Gasteiger charge is 2.39. The van der Waals surface area contributed by atoms with Crippen molar-refractivity contribution in [3.8, 4) is 0 Å². The number of benzene rings is 1. The Morgan fingerprint density at radius 3 is 2.57 bits per heavy atom. The van der Waals surface area contributed by atoms with Crippen molar-refractivity contribution in [3.05, 3.63) is 36.0 Å². The predicted octanol–water partition coefficient (Wildman–Crippen LogP) is 2.79. The first-order valence-corrected chi connectivity index (χ1v) is 9.99. The number of anilines is 4. The van der Waals surface area contributed by atoms with E-state index in [9.17, 15) is 18.3 Å². The molecule has 4 heterocycles. The minimum absolute atomic E-state index is 0.0840. The lowest BCUT2D eigenvalue weighted by molar-refractivity contribution is -0.137. The minimum Gasteiger partial charge on any atom is -0.391 e. The van der Waals surface area contributed by atoms with Gasteiger partial charge in [0.1, 0.15) is 11.4 Å². The van der Waals surface area contributed by atoms with Gasteiger partial charge in [0.05, 0.1) is 24.9 Å². The van der Waals surface area contributed by atoms with Gasteiger partial charge in [-0.25, -0.2) is 4.98 Å². The number of hydrogen-bond acceptors (Lipinski definition) is 7. The number of alkyl halides is 3. The number of aromatic nitrogens is 2. The summed E-state index contributed by atoms with van der Waals surface area (Å²) in [6, 6.07) is 8.09. The highest BCUT2D eigenvalue weighted by Crippen LogP contribution is 2.37. The van der Waals surface area contributed by atoms with Crippen molar-refractivity contribution in [1.82, 2.24) is 9.97 Å². The van der Waals surface area contributed by atoms with Crippen molar-refractivity contribution in [2.24, 2.45) is 0 Å². The quantitative estimate of drug-likeness (QED) is 0.787. The van der Waals surface area contributed by atoms with E-state index in [1.54, 1.807) is 0 Å². The SMILES string of the molecule is O[C@@H]1CCN(c2nc(Nc3ccc(N4CC5CC4CO5)cc3)ncc2C(F)(F)F)C1. The van der Waals surface area contributed by atoms with E-state index in [0.29, 0.717) is 30.8 Å². The number of nitrogens with zero attached hydrogens (tertiary/aromatic N) is 4. The van der Waals surface area contributed by atoms with Crippen LogP contribution in [-0.4, -0.2) is 59.6 Å². The van der Waals surface area contributed by atoms with Crippen molar-refractivity contribution in [2.45, 2.75) is 37.3 Å². The molecule has 3 saturated heterocycles. The average Bonchev–Trinajstić information content (AvgIpc) is 3.45. The molecule has 160 valence electrons. The molecule has 2 bridgehead atoms. The molecule has 30 heavy (non-hydrogen) atoms. The van der Waals surface area contributed by atoms with Gasteiger partial charge in [-0.3, -0.25) is 0 Å². The molecule has 3 aliphatic rings. The van der Waals surface area contributed by atoms with Gasteiger partial charge >= 0.3 is 6.18 Å². The number of fused-ring (bicyclic) bond motifs is 2. The van der Waals surface area contributed by atoms with Gasteiger partial charge in [0.2, 0.25) is 5.95 Å². The first-order valence-electron chi connectivity index (χ1n) is 9.99. The third-order valence-corrected chi connectivity index (χ3v) is 5.89. The van der Waals surface area contributed by atoms with Crippen LogP contribution in [0.5, 0.6) is 0 Å². The topological polar surface area (TPSA) is 73.8 Å². The normalized spacial score (nSPS) is 25.9. The molecule has 3 aliphatic heterocycles. The van der Waals surface area contributed by atoms with Crippen LogP contribution < -0.4 is 15.1 Å². The minimum atomic E-state index is -4.57. The Kier molecular flexibility index (Phi) is 4.70. The van der Waals surface area contributed by atoms with Crippen LogP contribution in [0, 0.1) is 0 Å². The second-order valence-corrected chi connectivity index (χ2v) is 7.99. The zero-order chi connectivity index (χ0) is 20.9. The van der Waals surface area contributed by atoms with E-state index < -0.39 is 17.8 Å². The van der Waals surface area contributed by atoms with Crippen molar-refractivity contribution < 1.29 is 23.0 Å². The third kappa shape index (κ3) is 3.65. The van der Waals surface area contributed by atoms with Gasteiger partial charge in [-0.15, -0.1) is 0 Å². The Morgan fingerprint density at radius 1 is 1.17 bits per heavy atom. The molecule has 3 fully saturated rings. The van der Waals surface area contributed by atoms with E-state index in [-0.39, 0.29) is 18.3 Å². The summed E-state index contributed by atoms with van der Waals surface area (Å²) in [4.78, 5) is 11.8. The third-order valence-electron chi connectivity index (χ3n) is 5.89. The lowest BCUT2D eigenvalue weighted by atomic mass is 10.2. The van der Waals surface area contributed by atoms with Gasteiger partial charge in [-0.2, -0.15) is 18.2 Å². The molecule has 0 amide bonds. The van der Waals surface area contributed by atoms with Gasteiger partial charge in [0, 0.05) is 37.2 Å². The molecule has 3 atom stereocenters. The molecule has 5 rings (SSSR count). The monoisotopic (exact) mass is 421 g/mol. The number of hydrogen-bond donors (Lipinski definition) is 2. The lowest BCUT2D eigenvalue weighted by Gasteiger charge is -2.29. The number of aliphatic hydroxyl groups is 1. The summed E-state index contributed by atoms with van der Waals surface area (Å²) in [6.45, 7) is 2.07. The zero-order valence-electron chi connectivity index (χ0n) is 16.1. The van der Waals surface area contributed by atoms with Crippen molar-refractivity contribution in [3.63, 3.8) is 0 Å². The summed E-state index contributed by atoms with van der Waals surface area (Å²) >= 11 is 0. The molecule has 1 aromatic carbocycles. The Labute approximate surface area is 171 Å². The van der Waals surface area contributed by atoms with Crippen LogP contribution in [0.2, 0.25) is 0 Å². The number of halogens is 3. The Bertz CT molecular complexity index is 924. The standard InChI is InChI=1S/C20H22F3N5O2/c21-20(22,23)17-8-24-19(26-18(17)27-6-5-15(29)9-27)25-12-1-3-13(4-2-12)28-10-16-7-14(28)11-30-16/h1-4,8,14-16,29H,5-7,9-11H2,(H,24,25,26)/t14?,15-,16?/m1/s1. The second kappa shape index (κ2) is 7.28. The summed E-state index contributed by atoms with van der Waals surface area (Å²) in [7, 11) is 0. The summed E-state index contributed by atoms with van der Waals surface area (Å²) in [5, 5.41) is 12.7. The lowest BCUT2D eigenvalue weighted by Crippen LogP contribution is -2.36. The predicted molar refractivity (Wildman–Crippen MR) is 105 cm³/mol. The van der Waals surface area contributed by atoms with Gasteiger partial charge in [-0.05, 0) is 37.1 Å². The van der Waals surface area contributed by atoms with E-state index in [4.69, 9.17) is 4.74 Å². The summed E-state index contributed by atoms with van der Waals surface area (Å²) < 4.78 is 45.9. The second-order valence-electron chi connectivity index (χ2n) is 7.99. The molecule has 0 spiro atoms. The molecule has 7 nitrogen and oxygen atoms in total. The number of ether oxygens (including phenoxy) is 1. The molecule has 2 aromatic rings. The van der Waals surface area contributed by atoms with E-state index in [1.807, 2.05) is 24.3 Å². The zero-order valence-corrected chi connectivity index (χ0v) is 16.1. The van der Waals surface area contributed by atoms with Gasteiger partial charge in [0.15, 0.2) is 0 Å². The average molecular weight is 421 g/mol. The van der Waals surface area contributed by atoms with E-state index in [2.05, 4.69) is 20.2 Å². The van der Waals surface area contributed by atoms with Crippen LogP contribution in [0.1, 0.15) is 18.4 Å². The Balaban J connectivity index is 1.35. The molecule has 2 N–H and O–H groups in total. The summed E-state index contributed by atoms with van der Waals surface area (Å²) in [5.41, 5.74) is 0.881. The Morgan fingerprint density at radius 2 is 1.97 bits per heavy atom. The number of rotatable bonds is 4. The maximum absolute atomic E-state index is 13.4. The number of nitrogens with one attached hydrogen (secondary N) is 1. The fourth-order valence-corrected chi connectivity index (χ4v) is 4.39. The molecular formula is C20H22F3N5O2. The van der Waals surface area contributed by atoms with E-state index in [1.165, 1.54) is 4.90 Å². The molecule has 10 heteroatoms. The van der Waals surface area contributed by atoms with Gasteiger partial charge < -0.3 is 25.0 Å². The number of morpholine rings is 1. The fourth-order valence-electron chi connectivity index (χ4n) is 4.39. The Hall–Kier alpha value is -2.59.